The van der Waals surface area contributed by atoms with Crippen LogP contribution >= 0.6 is 23.2 Å². The van der Waals surface area contributed by atoms with Crippen molar-refractivity contribution in [3.63, 3.8) is 0 Å². The molecule has 1 aliphatic heterocycles. The van der Waals surface area contributed by atoms with Gasteiger partial charge in [-0.05, 0) is 48.4 Å². The van der Waals surface area contributed by atoms with Gasteiger partial charge in [-0.3, -0.25) is 9.59 Å². The molecule has 0 bridgehead atoms. The van der Waals surface area contributed by atoms with Crippen molar-refractivity contribution >= 4 is 50.5 Å². The van der Waals surface area contributed by atoms with Crippen LogP contribution in [0.25, 0.3) is 0 Å². The summed E-state index contributed by atoms with van der Waals surface area (Å²) in [7, 11) is -3.19. The molecule has 1 N–H and O–H groups in total. The van der Waals surface area contributed by atoms with Crippen molar-refractivity contribution < 1.29 is 40.6 Å². The lowest BCUT2D eigenvalue weighted by Crippen LogP contribution is -2.42. The van der Waals surface area contributed by atoms with Gasteiger partial charge in [0.1, 0.15) is 0 Å². The molecule has 0 fully saturated rings. The Kier molecular flexibility index (Phi) is 9.28. The molecule has 2 aromatic rings. The summed E-state index contributed by atoms with van der Waals surface area (Å²) in [6.45, 7) is 0.657. The first-order valence-electron chi connectivity index (χ1n) is 11.2. The van der Waals surface area contributed by atoms with Crippen molar-refractivity contribution in [2.24, 2.45) is 9.52 Å². The van der Waals surface area contributed by atoms with E-state index >= 15 is 0 Å². The van der Waals surface area contributed by atoms with Crippen molar-refractivity contribution in [2.45, 2.75) is 38.0 Å². The fourth-order valence-electron chi connectivity index (χ4n) is 3.76. The maximum absolute atomic E-state index is 14.2. The third kappa shape index (κ3) is 7.46. The molecule has 0 spiro atoms. The summed E-state index contributed by atoms with van der Waals surface area (Å²) >= 11 is 11.8. The predicted molar refractivity (Wildman–Crippen MR) is 137 cm³/mol. The second-order valence-corrected chi connectivity index (χ2v) is 12.2. The molecule has 1 heterocycles. The fraction of sp³-hybridized carbons (Fsp3) is 0.375. The Morgan fingerprint density at radius 3 is 2.38 bits per heavy atom. The fourth-order valence-corrected chi connectivity index (χ4v) is 5.39. The highest BCUT2D eigenvalue weighted by Crippen LogP contribution is 2.49. The van der Waals surface area contributed by atoms with E-state index < -0.39 is 52.7 Å². The van der Waals surface area contributed by atoms with E-state index in [1.807, 2.05) is 5.32 Å². The Balaban J connectivity index is 1.80. The van der Waals surface area contributed by atoms with Gasteiger partial charge in [-0.1, -0.05) is 34.4 Å². The van der Waals surface area contributed by atoms with Crippen LogP contribution < -0.4 is 5.32 Å². The molecule has 2 amide bonds. The minimum absolute atomic E-state index is 0.0121. The summed E-state index contributed by atoms with van der Waals surface area (Å²) in [4.78, 5) is 29.3. The van der Waals surface area contributed by atoms with Gasteiger partial charge in [0.05, 0.1) is 22.0 Å². The Bertz CT molecular complexity index is 1420. The molecule has 0 radical (unpaired) electrons. The molecular formula is C24H22Cl2F5N3O4S. The molecule has 39 heavy (non-hydrogen) atoms. The molecule has 2 aromatic carbocycles. The summed E-state index contributed by atoms with van der Waals surface area (Å²) in [6, 6.07) is 7.54. The number of carbonyl (C=O) groups excluding carboxylic acids is 2. The highest BCUT2D eigenvalue weighted by molar-refractivity contribution is 7.93. The standard InChI is InChI=1S/C24H22Cl2F5N3O4S/c1-13-7-14(3-4-18(13)22(36)34-39(2,37)6-5-21(35)32-12-20(27)28)19-11-23(38-33-19,24(29,30)31)15-8-16(25)10-17(26)9-15/h3-4,7-10,20H,5-6,11-12H2,1-2H3,(H,32,35). The number of rotatable bonds is 8. The minimum Gasteiger partial charge on any atom is -0.374 e. The van der Waals surface area contributed by atoms with Crippen LogP contribution in [0, 0.1) is 6.92 Å². The first-order chi connectivity index (χ1) is 18.0. The van der Waals surface area contributed by atoms with Gasteiger partial charge in [-0.25, -0.2) is 13.0 Å². The molecule has 0 aliphatic carbocycles. The van der Waals surface area contributed by atoms with E-state index in [0.717, 1.165) is 18.4 Å². The lowest BCUT2D eigenvalue weighted by Gasteiger charge is -2.29. The third-order valence-corrected chi connectivity index (χ3v) is 7.69. The maximum Gasteiger partial charge on any atom is 0.435 e. The van der Waals surface area contributed by atoms with Crippen LogP contribution in [0.3, 0.4) is 0 Å². The summed E-state index contributed by atoms with van der Waals surface area (Å²) in [5.74, 6) is -1.98. The Labute approximate surface area is 230 Å². The van der Waals surface area contributed by atoms with E-state index in [1.54, 1.807) is 0 Å². The summed E-state index contributed by atoms with van der Waals surface area (Å²) in [5.41, 5.74) is -2.62. The normalized spacial score (nSPS) is 18.8. The summed E-state index contributed by atoms with van der Waals surface area (Å²) in [6.07, 6.45) is -7.54. The molecule has 3 rings (SSSR count). The van der Waals surface area contributed by atoms with Gasteiger partial charge in [-0.2, -0.15) is 17.5 Å². The average molecular weight is 614 g/mol. The smallest absolute Gasteiger partial charge is 0.374 e. The first kappa shape index (κ1) is 30.8. The number of oxime groups is 1. The molecule has 0 aromatic heterocycles. The van der Waals surface area contributed by atoms with Crippen LogP contribution in [0.1, 0.15) is 39.9 Å². The zero-order valence-electron chi connectivity index (χ0n) is 20.5. The zero-order valence-corrected chi connectivity index (χ0v) is 22.8. The maximum atomic E-state index is 14.2. The molecule has 212 valence electrons. The molecular weight excluding hydrogens is 592 g/mol. The largest absolute Gasteiger partial charge is 0.435 e. The minimum atomic E-state index is -4.88. The van der Waals surface area contributed by atoms with Gasteiger partial charge in [0.15, 0.2) is 0 Å². The van der Waals surface area contributed by atoms with Crippen LogP contribution in [0.5, 0.6) is 0 Å². The molecule has 0 saturated carbocycles. The second kappa shape index (κ2) is 11.8. The van der Waals surface area contributed by atoms with Crippen molar-refractivity contribution in [2.75, 3.05) is 18.6 Å². The number of halogens is 7. The second-order valence-electron chi connectivity index (χ2n) is 8.82. The number of carbonyl (C=O) groups is 2. The predicted octanol–water partition coefficient (Wildman–Crippen LogP) is 5.89. The summed E-state index contributed by atoms with van der Waals surface area (Å²) in [5, 5.41) is 5.62. The number of alkyl halides is 5. The van der Waals surface area contributed by atoms with Crippen LogP contribution in [0.4, 0.5) is 22.0 Å². The average Bonchev–Trinajstić information content (AvgIpc) is 3.27. The van der Waals surface area contributed by atoms with Crippen LogP contribution in [0.15, 0.2) is 45.9 Å². The Morgan fingerprint density at radius 1 is 1.18 bits per heavy atom. The third-order valence-electron chi connectivity index (χ3n) is 5.74. The number of nitrogens with zero attached hydrogens (tertiary/aromatic N) is 2. The number of nitrogens with one attached hydrogen (secondary N) is 1. The van der Waals surface area contributed by atoms with Crippen LogP contribution in [-0.2, 0) is 25.0 Å². The molecule has 0 saturated heterocycles. The number of hydrogen-bond donors (Lipinski definition) is 1. The number of amides is 2. The Morgan fingerprint density at radius 2 is 1.82 bits per heavy atom. The van der Waals surface area contributed by atoms with Crippen molar-refractivity contribution in [3.8, 4) is 0 Å². The van der Waals surface area contributed by atoms with Crippen molar-refractivity contribution in [1.29, 1.82) is 0 Å². The van der Waals surface area contributed by atoms with E-state index in [9.17, 15) is 35.8 Å². The van der Waals surface area contributed by atoms with Gasteiger partial charge in [0.2, 0.25) is 5.91 Å². The lowest BCUT2D eigenvalue weighted by atomic mass is 9.86. The van der Waals surface area contributed by atoms with Gasteiger partial charge < -0.3 is 10.2 Å². The highest BCUT2D eigenvalue weighted by atomic mass is 35.5. The Hall–Kier alpha value is -2.77. The van der Waals surface area contributed by atoms with Gasteiger partial charge in [0, 0.05) is 46.0 Å². The molecule has 7 nitrogen and oxygen atoms in total. The van der Waals surface area contributed by atoms with Crippen LogP contribution in [-0.4, -0.2) is 52.9 Å². The SMILES string of the molecule is Cc1cc(C2=NOC(c3cc(Cl)cc(Cl)c3)(C(F)(F)F)C2)ccc1C(=O)N=S(C)(=O)CCC(=O)NCC(F)F. The van der Waals surface area contributed by atoms with E-state index in [1.165, 1.54) is 31.2 Å². The van der Waals surface area contributed by atoms with Gasteiger partial charge in [-0.15, -0.1) is 0 Å². The van der Waals surface area contributed by atoms with E-state index in [2.05, 4.69) is 9.52 Å². The molecule has 2 atom stereocenters. The topological polar surface area (TPSA) is 97.2 Å². The first-order valence-corrected chi connectivity index (χ1v) is 14.1. The molecule has 15 heteroatoms. The van der Waals surface area contributed by atoms with Crippen molar-refractivity contribution in [3.05, 3.63) is 68.7 Å². The van der Waals surface area contributed by atoms with Crippen LogP contribution in [0.2, 0.25) is 10.0 Å². The highest BCUT2D eigenvalue weighted by Gasteiger charge is 2.62. The summed E-state index contributed by atoms with van der Waals surface area (Å²) < 4.78 is 83.4. The van der Waals surface area contributed by atoms with Gasteiger partial charge in [0.25, 0.3) is 17.9 Å². The quantitative estimate of drug-likeness (QED) is 0.375. The van der Waals surface area contributed by atoms with Gasteiger partial charge >= 0.3 is 6.18 Å². The van der Waals surface area contributed by atoms with E-state index in [-0.39, 0.29) is 44.6 Å². The van der Waals surface area contributed by atoms with Crippen molar-refractivity contribution in [1.82, 2.24) is 5.32 Å². The molecule has 2 unspecified atom stereocenters. The number of aryl methyl sites for hydroxylation is 1. The molecule has 1 aliphatic rings. The van der Waals surface area contributed by atoms with E-state index in [0.29, 0.717) is 5.56 Å². The zero-order chi connectivity index (χ0) is 29.2. The number of benzene rings is 2. The lowest BCUT2D eigenvalue weighted by molar-refractivity contribution is -0.275. The monoisotopic (exact) mass is 613 g/mol. The number of hydrogen-bond acceptors (Lipinski definition) is 5. The van der Waals surface area contributed by atoms with E-state index in [4.69, 9.17) is 28.0 Å².